The van der Waals surface area contributed by atoms with E-state index < -0.39 is 5.97 Å². The van der Waals surface area contributed by atoms with E-state index in [1.807, 2.05) is 30.3 Å². The van der Waals surface area contributed by atoms with Crippen LogP contribution in [0.2, 0.25) is 0 Å². The van der Waals surface area contributed by atoms with Gasteiger partial charge in [-0.05, 0) is 12.5 Å². The summed E-state index contributed by atoms with van der Waals surface area (Å²) in [4.78, 5) is 33.0. The van der Waals surface area contributed by atoms with Gasteiger partial charge in [0.1, 0.15) is 18.8 Å². The molecule has 0 saturated carbocycles. The molecule has 0 fully saturated rings. The van der Waals surface area contributed by atoms with E-state index in [1.165, 1.54) is 6.92 Å². The molecule has 19 heavy (non-hydrogen) atoms. The molecule has 0 aliphatic heterocycles. The molecule has 1 aromatic carbocycles. The van der Waals surface area contributed by atoms with Crippen LogP contribution in [0.25, 0.3) is 0 Å². The van der Waals surface area contributed by atoms with Gasteiger partial charge in [-0.15, -0.1) is 0 Å². The fourth-order valence-electron chi connectivity index (χ4n) is 1.31. The van der Waals surface area contributed by atoms with E-state index in [0.29, 0.717) is 6.61 Å². The number of hydrogen-bond acceptors (Lipinski definition) is 5. The molecule has 0 N–H and O–H groups in total. The van der Waals surface area contributed by atoms with Crippen molar-refractivity contribution in [3.05, 3.63) is 35.9 Å². The number of carbonyl (C=O) groups is 3. The minimum atomic E-state index is -0.691. The maximum absolute atomic E-state index is 11.3. The fraction of sp³-hybridized carbons (Fsp3) is 0.357. The van der Waals surface area contributed by atoms with Crippen LogP contribution in [0.15, 0.2) is 30.3 Å². The maximum atomic E-state index is 11.3. The molecule has 0 saturated heterocycles. The van der Waals surface area contributed by atoms with E-state index >= 15 is 0 Å². The summed E-state index contributed by atoms with van der Waals surface area (Å²) in [6, 6.07) is 9.42. The highest BCUT2D eigenvalue weighted by Gasteiger charge is 2.09. The summed E-state index contributed by atoms with van der Waals surface area (Å²) in [5.74, 6) is -1.32. The molecule has 5 heteroatoms. The van der Waals surface area contributed by atoms with Crippen LogP contribution in [0.5, 0.6) is 0 Å². The molecule has 0 atom stereocenters. The van der Waals surface area contributed by atoms with Gasteiger partial charge in [0.05, 0.1) is 6.61 Å². The molecule has 1 rings (SSSR count). The highest BCUT2D eigenvalue weighted by Crippen LogP contribution is 2.00. The van der Waals surface area contributed by atoms with Crippen molar-refractivity contribution in [2.45, 2.75) is 20.0 Å². The van der Waals surface area contributed by atoms with Gasteiger partial charge >= 0.3 is 5.97 Å². The highest BCUT2D eigenvalue weighted by molar-refractivity contribution is 5.95. The Bertz CT molecular complexity index is 438. The standard InChI is InChI=1S/C14H16O5/c1-11(15)7-14(17)19-10-13(16)9-18-8-12-5-3-2-4-6-12/h2-6H,7-10H2,1H3. The first-order chi connectivity index (χ1) is 9.08. The van der Waals surface area contributed by atoms with Crippen LogP contribution in [-0.4, -0.2) is 30.7 Å². The Hall–Kier alpha value is -2.01. The molecule has 102 valence electrons. The van der Waals surface area contributed by atoms with E-state index in [4.69, 9.17) is 4.74 Å². The summed E-state index contributed by atoms with van der Waals surface area (Å²) < 4.78 is 9.82. The highest BCUT2D eigenvalue weighted by atomic mass is 16.5. The number of hydrogen-bond donors (Lipinski definition) is 0. The summed E-state index contributed by atoms with van der Waals surface area (Å²) >= 11 is 0. The first kappa shape index (κ1) is 15.0. The molecule has 1 aromatic rings. The molecule has 0 aliphatic rings. The van der Waals surface area contributed by atoms with E-state index in [1.54, 1.807) is 0 Å². The van der Waals surface area contributed by atoms with Gasteiger partial charge in [-0.25, -0.2) is 0 Å². The van der Waals surface area contributed by atoms with Crippen molar-refractivity contribution in [2.75, 3.05) is 13.2 Å². The van der Waals surface area contributed by atoms with Crippen LogP contribution in [0.3, 0.4) is 0 Å². The minimum Gasteiger partial charge on any atom is -0.457 e. The van der Waals surface area contributed by atoms with Crippen molar-refractivity contribution in [3.8, 4) is 0 Å². The Labute approximate surface area is 111 Å². The Morgan fingerprint density at radius 2 is 1.74 bits per heavy atom. The molecular weight excluding hydrogens is 248 g/mol. The average Bonchev–Trinajstić information content (AvgIpc) is 2.37. The lowest BCUT2D eigenvalue weighted by molar-refractivity contribution is -0.150. The zero-order chi connectivity index (χ0) is 14.1. The van der Waals surface area contributed by atoms with E-state index in [2.05, 4.69) is 4.74 Å². The molecule has 0 amide bonds. The number of Topliss-reactive ketones (excluding diaryl/α,β-unsaturated/α-hetero) is 2. The Kier molecular flexibility index (Phi) is 6.46. The van der Waals surface area contributed by atoms with E-state index in [9.17, 15) is 14.4 Å². The molecule has 0 heterocycles. The van der Waals surface area contributed by atoms with Gasteiger partial charge in [-0.1, -0.05) is 30.3 Å². The van der Waals surface area contributed by atoms with Crippen molar-refractivity contribution in [1.29, 1.82) is 0 Å². The molecule has 5 nitrogen and oxygen atoms in total. The van der Waals surface area contributed by atoms with Crippen LogP contribution in [-0.2, 0) is 30.5 Å². The Morgan fingerprint density at radius 1 is 1.05 bits per heavy atom. The zero-order valence-electron chi connectivity index (χ0n) is 10.8. The van der Waals surface area contributed by atoms with Gasteiger partial charge in [0.15, 0.2) is 12.4 Å². The summed E-state index contributed by atoms with van der Waals surface area (Å²) in [6.07, 6.45) is -0.307. The molecule has 0 unspecified atom stereocenters. The van der Waals surface area contributed by atoms with Gasteiger partial charge in [-0.3, -0.25) is 14.4 Å². The minimum absolute atomic E-state index is 0.123. The number of esters is 1. The predicted molar refractivity (Wildman–Crippen MR) is 67.4 cm³/mol. The maximum Gasteiger partial charge on any atom is 0.313 e. The van der Waals surface area contributed by atoms with Crippen LogP contribution in [0.4, 0.5) is 0 Å². The zero-order valence-corrected chi connectivity index (χ0v) is 10.8. The average molecular weight is 264 g/mol. The van der Waals surface area contributed by atoms with Gasteiger partial charge < -0.3 is 9.47 Å². The fourth-order valence-corrected chi connectivity index (χ4v) is 1.31. The summed E-state index contributed by atoms with van der Waals surface area (Å²) in [5.41, 5.74) is 0.962. The smallest absolute Gasteiger partial charge is 0.313 e. The third-order valence-corrected chi connectivity index (χ3v) is 2.16. The van der Waals surface area contributed by atoms with Gasteiger partial charge in [0.2, 0.25) is 0 Å². The van der Waals surface area contributed by atoms with Crippen LogP contribution in [0.1, 0.15) is 18.9 Å². The van der Waals surface area contributed by atoms with Crippen molar-refractivity contribution >= 4 is 17.5 Å². The Balaban J connectivity index is 2.15. The van der Waals surface area contributed by atoms with Crippen molar-refractivity contribution in [2.24, 2.45) is 0 Å². The van der Waals surface area contributed by atoms with Crippen LogP contribution < -0.4 is 0 Å². The SMILES string of the molecule is CC(=O)CC(=O)OCC(=O)COCc1ccccc1. The molecular formula is C14H16O5. The molecule has 0 spiro atoms. The predicted octanol–water partition coefficient (Wildman–Crippen LogP) is 1.29. The quantitative estimate of drug-likeness (QED) is 0.523. The first-order valence-electron chi connectivity index (χ1n) is 5.86. The first-order valence-corrected chi connectivity index (χ1v) is 5.86. The Morgan fingerprint density at radius 3 is 2.37 bits per heavy atom. The number of benzene rings is 1. The molecule has 0 bridgehead atoms. The second-order valence-electron chi connectivity index (χ2n) is 4.06. The second-order valence-corrected chi connectivity index (χ2v) is 4.06. The lowest BCUT2D eigenvalue weighted by Gasteiger charge is -2.05. The van der Waals surface area contributed by atoms with E-state index in [0.717, 1.165) is 5.56 Å². The third-order valence-electron chi connectivity index (χ3n) is 2.16. The molecule has 0 radical (unpaired) electrons. The van der Waals surface area contributed by atoms with Crippen molar-refractivity contribution < 1.29 is 23.9 Å². The lowest BCUT2D eigenvalue weighted by atomic mass is 10.2. The lowest BCUT2D eigenvalue weighted by Crippen LogP contribution is -2.19. The molecule has 0 aromatic heterocycles. The second kappa shape index (κ2) is 8.16. The summed E-state index contributed by atoms with van der Waals surface area (Å²) in [5, 5.41) is 0. The largest absolute Gasteiger partial charge is 0.457 e. The van der Waals surface area contributed by atoms with Crippen molar-refractivity contribution in [1.82, 2.24) is 0 Å². The monoisotopic (exact) mass is 264 g/mol. The van der Waals surface area contributed by atoms with Crippen LogP contribution in [0, 0.1) is 0 Å². The normalized spacial score (nSPS) is 9.95. The van der Waals surface area contributed by atoms with Crippen molar-refractivity contribution in [3.63, 3.8) is 0 Å². The van der Waals surface area contributed by atoms with Gasteiger partial charge in [0.25, 0.3) is 0 Å². The van der Waals surface area contributed by atoms with Gasteiger partial charge in [-0.2, -0.15) is 0 Å². The topological polar surface area (TPSA) is 69.7 Å². The van der Waals surface area contributed by atoms with E-state index in [-0.39, 0.29) is 31.2 Å². The van der Waals surface area contributed by atoms with Gasteiger partial charge in [0, 0.05) is 0 Å². The molecule has 0 aliphatic carbocycles. The number of ketones is 2. The number of ether oxygens (including phenoxy) is 2. The number of carbonyl (C=O) groups excluding carboxylic acids is 3. The third kappa shape index (κ3) is 7.10. The summed E-state index contributed by atoms with van der Waals surface area (Å²) in [6.45, 7) is 1.13. The van der Waals surface area contributed by atoms with Crippen LogP contribution >= 0.6 is 0 Å². The number of rotatable bonds is 8. The summed E-state index contributed by atoms with van der Waals surface area (Å²) in [7, 11) is 0.